The van der Waals surface area contributed by atoms with Crippen molar-refractivity contribution in [2.75, 3.05) is 11.4 Å². The summed E-state index contributed by atoms with van der Waals surface area (Å²) < 4.78 is 0. The van der Waals surface area contributed by atoms with Gasteiger partial charge in [0.1, 0.15) is 23.4 Å². The summed E-state index contributed by atoms with van der Waals surface area (Å²) in [5.41, 5.74) is 2.01. The minimum Gasteiger partial charge on any atom is -0.480 e. The van der Waals surface area contributed by atoms with Crippen molar-refractivity contribution in [3.8, 4) is 0 Å². The van der Waals surface area contributed by atoms with Crippen LogP contribution in [0.2, 0.25) is 10.2 Å². The Balaban J connectivity index is 1.62. The van der Waals surface area contributed by atoms with Crippen molar-refractivity contribution in [3.05, 3.63) is 58.0 Å². The molecule has 29 heavy (non-hydrogen) atoms. The smallest absolute Gasteiger partial charge is 0.323 e. The lowest BCUT2D eigenvalue weighted by molar-refractivity contribution is -0.137. The number of H-pyrrole nitrogens is 1. The zero-order valence-electron chi connectivity index (χ0n) is 14.8. The Labute approximate surface area is 174 Å². The number of aromatic amines is 1. The third-order valence-electron chi connectivity index (χ3n) is 4.64. The number of hydrogen-bond donors (Lipinski definition) is 3. The van der Waals surface area contributed by atoms with Gasteiger partial charge >= 0.3 is 5.97 Å². The normalized spacial score (nSPS) is 16.0. The first-order valence-corrected chi connectivity index (χ1v) is 9.34. The summed E-state index contributed by atoms with van der Waals surface area (Å²) >= 11 is 11.9. The maximum atomic E-state index is 12.9. The molecular weight excluding hydrogens is 419 g/mol. The fourth-order valence-corrected chi connectivity index (χ4v) is 3.68. The third-order valence-corrected chi connectivity index (χ3v) is 5.08. The van der Waals surface area contributed by atoms with E-state index in [1.165, 1.54) is 6.20 Å². The van der Waals surface area contributed by atoms with E-state index >= 15 is 0 Å². The van der Waals surface area contributed by atoms with E-state index in [9.17, 15) is 19.5 Å². The highest BCUT2D eigenvalue weighted by Gasteiger charge is 2.35. The molecule has 1 aliphatic rings. The van der Waals surface area contributed by atoms with Crippen molar-refractivity contribution >= 4 is 57.6 Å². The number of benzene rings is 1. The summed E-state index contributed by atoms with van der Waals surface area (Å²) in [5.74, 6) is -2.18. The molecule has 3 aromatic rings. The van der Waals surface area contributed by atoms with Crippen LogP contribution in [0.5, 0.6) is 0 Å². The first kappa shape index (κ1) is 19.2. The molecule has 3 N–H and O–H groups in total. The molecule has 0 aliphatic carbocycles. The molecule has 8 nitrogen and oxygen atoms in total. The van der Waals surface area contributed by atoms with E-state index in [0.29, 0.717) is 32.3 Å². The number of hydrogen-bond acceptors (Lipinski definition) is 4. The van der Waals surface area contributed by atoms with E-state index in [4.69, 9.17) is 23.2 Å². The van der Waals surface area contributed by atoms with Crippen LogP contribution < -0.4 is 10.2 Å². The first-order valence-electron chi connectivity index (χ1n) is 8.58. The first-order chi connectivity index (χ1) is 13.8. The number of nitrogens with zero attached hydrogens (tertiary/aromatic N) is 2. The Bertz CT molecular complexity index is 1160. The molecular formula is C19H14Cl2N4O4. The van der Waals surface area contributed by atoms with Crippen LogP contribution in [-0.2, 0) is 16.0 Å². The largest absolute Gasteiger partial charge is 0.480 e. The van der Waals surface area contributed by atoms with Crippen LogP contribution in [0.1, 0.15) is 16.1 Å². The van der Waals surface area contributed by atoms with Gasteiger partial charge in [0, 0.05) is 22.5 Å². The molecule has 2 amide bonds. The predicted molar refractivity (Wildman–Crippen MR) is 108 cm³/mol. The van der Waals surface area contributed by atoms with Gasteiger partial charge in [-0.2, -0.15) is 0 Å². The number of fused-ring (bicyclic) bond motifs is 2. The quantitative estimate of drug-likeness (QED) is 0.548. The van der Waals surface area contributed by atoms with Gasteiger partial charge in [0.2, 0.25) is 5.91 Å². The molecule has 1 aliphatic heterocycles. The molecule has 10 heteroatoms. The van der Waals surface area contributed by atoms with Crippen molar-refractivity contribution < 1.29 is 19.5 Å². The van der Waals surface area contributed by atoms with E-state index in [-0.39, 0.29) is 12.1 Å². The zero-order valence-corrected chi connectivity index (χ0v) is 16.3. The van der Waals surface area contributed by atoms with Crippen molar-refractivity contribution in [3.63, 3.8) is 0 Å². The molecule has 4 rings (SSSR count). The fourth-order valence-electron chi connectivity index (χ4n) is 3.35. The minimum absolute atomic E-state index is 0.223. The number of carboxylic acid groups (broad SMARTS) is 1. The average Bonchev–Trinajstić information content (AvgIpc) is 3.08. The van der Waals surface area contributed by atoms with Crippen molar-refractivity contribution in [1.82, 2.24) is 15.3 Å². The SMILES string of the molecule is O=C(O)CN1C(=O)C(NC(=O)c2cc3cc(Cl)ncc3[nH]2)Cc2ccc(Cl)cc21. The number of halogens is 2. The van der Waals surface area contributed by atoms with Crippen LogP contribution in [0.3, 0.4) is 0 Å². The average molecular weight is 433 g/mol. The Morgan fingerprint density at radius 3 is 2.83 bits per heavy atom. The zero-order chi connectivity index (χ0) is 20.7. The highest BCUT2D eigenvalue weighted by atomic mass is 35.5. The number of amides is 2. The van der Waals surface area contributed by atoms with Gasteiger partial charge in [0.25, 0.3) is 5.91 Å². The highest BCUT2D eigenvalue weighted by molar-refractivity contribution is 6.31. The van der Waals surface area contributed by atoms with E-state index in [2.05, 4.69) is 15.3 Å². The fraction of sp³-hybridized carbons (Fsp3) is 0.158. The van der Waals surface area contributed by atoms with Crippen LogP contribution in [0, 0.1) is 0 Å². The van der Waals surface area contributed by atoms with Gasteiger partial charge in [0.05, 0.1) is 11.7 Å². The molecule has 0 saturated carbocycles. The number of nitrogens with one attached hydrogen (secondary N) is 2. The molecule has 3 heterocycles. The topological polar surface area (TPSA) is 115 Å². The molecule has 0 bridgehead atoms. The maximum Gasteiger partial charge on any atom is 0.323 e. The summed E-state index contributed by atoms with van der Waals surface area (Å²) in [6.07, 6.45) is 1.73. The van der Waals surface area contributed by atoms with Crippen LogP contribution in [0.25, 0.3) is 10.9 Å². The summed E-state index contributed by atoms with van der Waals surface area (Å²) in [4.78, 5) is 44.8. The van der Waals surface area contributed by atoms with Crippen molar-refractivity contribution in [1.29, 1.82) is 0 Å². The van der Waals surface area contributed by atoms with Gasteiger partial charge in [-0.15, -0.1) is 0 Å². The molecule has 0 saturated heterocycles. The lowest BCUT2D eigenvalue weighted by Crippen LogP contribution is -2.54. The second-order valence-electron chi connectivity index (χ2n) is 6.60. The minimum atomic E-state index is -1.17. The van der Waals surface area contributed by atoms with Crippen molar-refractivity contribution in [2.45, 2.75) is 12.5 Å². The van der Waals surface area contributed by atoms with Gasteiger partial charge in [-0.1, -0.05) is 29.3 Å². The summed E-state index contributed by atoms with van der Waals surface area (Å²) in [5, 5.41) is 13.3. The highest BCUT2D eigenvalue weighted by Crippen LogP contribution is 2.31. The molecule has 2 aromatic heterocycles. The Kier molecular flexibility index (Phi) is 4.89. The number of pyridine rings is 1. The Morgan fingerprint density at radius 1 is 1.28 bits per heavy atom. The second kappa shape index (κ2) is 7.38. The van der Waals surface area contributed by atoms with E-state index < -0.39 is 30.4 Å². The Morgan fingerprint density at radius 2 is 2.07 bits per heavy atom. The number of rotatable bonds is 4. The molecule has 148 valence electrons. The number of aliphatic carboxylic acids is 1. The van der Waals surface area contributed by atoms with Gasteiger partial charge in [-0.3, -0.25) is 19.3 Å². The van der Waals surface area contributed by atoms with E-state index in [1.807, 2.05) is 0 Å². The molecule has 0 fully saturated rings. The molecule has 1 atom stereocenters. The predicted octanol–water partition coefficient (Wildman–Crippen LogP) is 2.64. The van der Waals surface area contributed by atoms with Gasteiger partial charge < -0.3 is 15.4 Å². The molecule has 1 aromatic carbocycles. The van der Waals surface area contributed by atoms with Gasteiger partial charge in [0.15, 0.2) is 0 Å². The number of carbonyl (C=O) groups excluding carboxylic acids is 2. The van der Waals surface area contributed by atoms with Crippen LogP contribution in [-0.4, -0.2) is 45.4 Å². The standard InChI is InChI=1S/C19H14Cl2N4O4/c20-11-2-1-9-3-13(19(29)25(8-17(26)27)15(9)6-11)24-18(28)12-4-10-5-16(21)22-7-14(10)23-12/h1-2,4-7,13,23H,3,8H2,(H,24,28)(H,26,27). The van der Waals surface area contributed by atoms with Crippen LogP contribution in [0.4, 0.5) is 5.69 Å². The summed E-state index contributed by atoms with van der Waals surface area (Å²) in [6, 6.07) is 7.23. The number of carbonyl (C=O) groups is 3. The third kappa shape index (κ3) is 3.76. The second-order valence-corrected chi connectivity index (χ2v) is 7.42. The summed E-state index contributed by atoms with van der Waals surface area (Å²) in [6.45, 7) is -0.533. The maximum absolute atomic E-state index is 12.9. The lowest BCUT2D eigenvalue weighted by Gasteiger charge is -2.33. The summed E-state index contributed by atoms with van der Waals surface area (Å²) in [7, 11) is 0. The molecule has 0 spiro atoms. The molecule has 1 unspecified atom stereocenters. The van der Waals surface area contributed by atoms with Crippen LogP contribution >= 0.6 is 23.2 Å². The number of aromatic nitrogens is 2. The van der Waals surface area contributed by atoms with Crippen molar-refractivity contribution in [2.24, 2.45) is 0 Å². The number of anilines is 1. The van der Waals surface area contributed by atoms with Gasteiger partial charge in [-0.25, -0.2) is 4.98 Å². The lowest BCUT2D eigenvalue weighted by atomic mass is 9.97. The van der Waals surface area contributed by atoms with E-state index in [0.717, 1.165) is 4.90 Å². The van der Waals surface area contributed by atoms with Crippen LogP contribution in [0.15, 0.2) is 36.5 Å². The van der Waals surface area contributed by atoms with Gasteiger partial charge in [-0.05, 0) is 29.8 Å². The Hall–Kier alpha value is -3.10. The molecule has 0 radical (unpaired) electrons. The number of carboxylic acids is 1. The van der Waals surface area contributed by atoms with E-state index in [1.54, 1.807) is 30.3 Å². The monoisotopic (exact) mass is 432 g/mol.